The van der Waals surface area contributed by atoms with Crippen LogP contribution in [0.25, 0.3) is 6.08 Å². The van der Waals surface area contributed by atoms with E-state index in [1.165, 1.54) is 34.5 Å². The molecular formula is C29H28N2O5S. The lowest BCUT2D eigenvalue weighted by Crippen LogP contribution is -2.39. The van der Waals surface area contributed by atoms with E-state index >= 15 is 0 Å². The van der Waals surface area contributed by atoms with Crippen molar-refractivity contribution in [2.24, 2.45) is 4.99 Å². The second-order valence-electron chi connectivity index (χ2n) is 8.95. The van der Waals surface area contributed by atoms with Crippen molar-refractivity contribution < 1.29 is 19.1 Å². The van der Waals surface area contributed by atoms with Crippen molar-refractivity contribution in [3.05, 3.63) is 109 Å². The first-order valence-electron chi connectivity index (χ1n) is 11.9. The Hall–Kier alpha value is -4.04. The molecule has 0 N–H and O–H groups in total. The molecule has 7 nitrogen and oxygen atoms in total. The maximum Gasteiger partial charge on any atom is 0.338 e. The summed E-state index contributed by atoms with van der Waals surface area (Å²) in [6.07, 6.45) is 3.32. The van der Waals surface area contributed by atoms with Crippen molar-refractivity contribution in [2.45, 2.75) is 39.7 Å². The third-order valence-corrected chi connectivity index (χ3v) is 6.92. The molecule has 0 fully saturated rings. The number of hydrogen-bond acceptors (Lipinski definition) is 7. The van der Waals surface area contributed by atoms with Gasteiger partial charge in [0.05, 0.1) is 21.8 Å². The molecule has 1 aromatic heterocycles. The predicted molar refractivity (Wildman–Crippen MR) is 143 cm³/mol. The van der Waals surface area contributed by atoms with Gasteiger partial charge in [-0.15, -0.1) is 0 Å². The molecule has 1 aliphatic rings. The molecule has 4 rings (SSSR count). The van der Waals surface area contributed by atoms with E-state index in [0.29, 0.717) is 32.3 Å². The van der Waals surface area contributed by atoms with Gasteiger partial charge in [-0.05, 0) is 47.7 Å². The van der Waals surface area contributed by atoms with E-state index in [0.717, 1.165) is 5.56 Å². The number of ether oxygens (including phenoxy) is 2. The normalized spacial score (nSPS) is 15.3. The lowest BCUT2D eigenvalue weighted by Gasteiger charge is -2.24. The van der Waals surface area contributed by atoms with E-state index in [1.54, 1.807) is 31.2 Å². The molecule has 0 spiro atoms. The van der Waals surface area contributed by atoms with Crippen LogP contribution in [-0.2, 0) is 14.3 Å². The van der Waals surface area contributed by atoms with Crippen molar-refractivity contribution in [2.75, 3.05) is 6.61 Å². The Morgan fingerprint density at radius 2 is 1.81 bits per heavy atom. The smallest absolute Gasteiger partial charge is 0.338 e. The number of rotatable bonds is 7. The number of benzene rings is 2. The summed E-state index contributed by atoms with van der Waals surface area (Å²) >= 11 is 1.27. The first-order valence-corrected chi connectivity index (χ1v) is 12.7. The minimum Gasteiger partial charge on any atom is -0.458 e. The number of esters is 2. The Balaban J connectivity index is 1.86. The van der Waals surface area contributed by atoms with E-state index in [4.69, 9.17) is 9.47 Å². The van der Waals surface area contributed by atoms with E-state index in [-0.39, 0.29) is 17.7 Å². The van der Waals surface area contributed by atoms with E-state index in [1.807, 2.05) is 18.2 Å². The maximum absolute atomic E-state index is 13.7. The Labute approximate surface area is 218 Å². The highest BCUT2D eigenvalue weighted by Crippen LogP contribution is 2.31. The first-order chi connectivity index (χ1) is 17.7. The highest BCUT2D eigenvalue weighted by atomic mass is 32.1. The minimum atomic E-state index is -0.759. The van der Waals surface area contributed by atoms with Crippen molar-refractivity contribution in [3.63, 3.8) is 0 Å². The molecule has 3 aromatic rings. The summed E-state index contributed by atoms with van der Waals surface area (Å²) < 4.78 is 12.5. The van der Waals surface area contributed by atoms with Crippen molar-refractivity contribution in [1.82, 2.24) is 4.57 Å². The van der Waals surface area contributed by atoms with Gasteiger partial charge in [0.2, 0.25) is 0 Å². The molecule has 0 saturated heterocycles. The molecule has 1 atom stereocenters. The Morgan fingerprint density at radius 3 is 2.41 bits per heavy atom. The summed E-state index contributed by atoms with van der Waals surface area (Å²) in [6, 6.07) is 14.0. The summed E-state index contributed by atoms with van der Waals surface area (Å²) in [5, 5.41) is 0. The van der Waals surface area contributed by atoms with E-state index < -0.39 is 18.0 Å². The van der Waals surface area contributed by atoms with Gasteiger partial charge in [0.15, 0.2) is 4.80 Å². The van der Waals surface area contributed by atoms with Gasteiger partial charge in [-0.3, -0.25) is 14.2 Å². The molecule has 0 unspecified atom stereocenters. The highest BCUT2D eigenvalue weighted by Gasteiger charge is 2.33. The van der Waals surface area contributed by atoms with Crippen LogP contribution in [0.2, 0.25) is 0 Å². The Morgan fingerprint density at radius 1 is 1.14 bits per heavy atom. The highest BCUT2D eigenvalue weighted by molar-refractivity contribution is 7.07. The average Bonchev–Trinajstić information content (AvgIpc) is 3.16. The van der Waals surface area contributed by atoms with Crippen LogP contribution in [0.15, 0.2) is 82.2 Å². The van der Waals surface area contributed by atoms with Crippen LogP contribution in [0.5, 0.6) is 5.75 Å². The number of carbonyl (C=O) groups is 2. The molecule has 2 aromatic carbocycles. The second-order valence-corrected chi connectivity index (χ2v) is 9.96. The summed E-state index contributed by atoms with van der Waals surface area (Å²) in [7, 11) is 0. The fourth-order valence-electron chi connectivity index (χ4n) is 4.12. The van der Waals surface area contributed by atoms with Crippen LogP contribution in [-0.4, -0.2) is 23.1 Å². The first kappa shape index (κ1) is 26.0. The number of nitrogens with zero attached hydrogens (tertiary/aromatic N) is 2. The molecule has 0 saturated carbocycles. The summed E-state index contributed by atoms with van der Waals surface area (Å²) in [4.78, 5) is 43.2. The molecule has 0 bridgehead atoms. The van der Waals surface area contributed by atoms with Crippen LogP contribution in [0.4, 0.5) is 0 Å². The van der Waals surface area contributed by atoms with Crippen LogP contribution in [0.3, 0.4) is 0 Å². The largest absolute Gasteiger partial charge is 0.458 e. The van der Waals surface area contributed by atoms with Gasteiger partial charge >= 0.3 is 11.9 Å². The molecular weight excluding hydrogens is 488 g/mol. The van der Waals surface area contributed by atoms with E-state index in [9.17, 15) is 14.4 Å². The van der Waals surface area contributed by atoms with Crippen molar-refractivity contribution in [1.29, 1.82) is 0 Å². The van der Waals surface area contributed by atoms with Gasteiger partial charge in [0.1, 0.15) is 12.4 Å². The van der Waals surface area contributed by atoms with Gasteiger partial charge in [-0.1, -0.05) is 74.2 Å². The standard InChI is InChI=1S/C29H28N2O5S/c1-6-15-35-28(34)25-18(4)30-29-31(26(25)22-11-13-23(14-12-22)36-19(5)32)27(33)24(37-29)16-20-7-9-21(10-8-20)17(2)3/h6-14,16-17,26H,1,15H2,2-5H3/b24-16+/t26-/m1/s1. The number of aromatic nitrogens is 1. The van der Waals surface area contributed by atoms with Crippen LogP contribution in [0.1, 0.15) is 56.3 Å². The van der Waals surface area contributed by atoms with Crippen LogP contribution in [0, 0.1) is 0 Å². The lowest BCUT2D eigenvalue weighted by atomic mass is 9.96. The van der Waals surface area contributed by atoms with Crippen molar-refractivity contribution >= 4 is 29.4 Å². The van der Waals surface area contributed by atoms with Gasteiger partial charge in [0, 0.05) is 6.92 Å². The fourth-order valence-corrected chi connectivity index (χ4v) is 5.17. The molecule has 1 aliphatic heterocycles. The van der Waals surface area contributed by atoms with Crippen molar-refractivity contribution in [3.8, 4) is 5.75 Å². The molecule has 8 heteroatoms. The van der Waals surface area contributed by atoms with Gasteiger partial charge < -0.3 is 9.47 Å². The third kappa shape index (κ3) is 5.54. The van der Waals surface area contributed by atoms with Gasteiger partial charge in [0.25, 0.3) is 5.56 Å². The maximum atomic E-state index is 13.7. The quantitative estimate of drug-likeness (QED) is 0.269. The number of thiazole rings is 1. The molecule has 0 amide bonds. The zero-order chi connectivity index (χ0) is 26.7. The number of hydrogen-bond donors (Lipinski definition) is 0. The molecule has 2 heterocycles. The molecule has 0 aliphatic carbocycles. The number of allylic oxidation sites excluding steroid dienone is 1. The van der Waals surface area contributed by atoms with Crippen LogP contribution < -0.4 is 19.6 Å². The monoisotopic (exact) mass is 516 g/mol. The van der Waals surface area contributed by atoms with Gasteiger partial charge in [-0.25, -0.2) is 9.79 Å². The number of fused-ring (bicyclic) bond motifs is 1. The third-order valence-electron chi connectivity index (χ3n) is 5.93. The summed E-state index contributed by atoms with van der Waals surface area (Å²) in [5.74, 6) is -0.237. The molecule has 37 heavy (non-hydrogen) atoms. The van der Waals surface area contributed by atoms with E-state index in [2.05, 4.69) is 37.6 Å². The molecule has 190 valence electrons. The van der Waals surface area contributed by atoms with Crippen LogP contribution >= 0.6 is 11.3 Å². The zero-order valence-electron chi connectivity index (χ0n) is 21.2. The summed E-state index contributed by atoms with van der Waals surface area (Å²) in [6.45, 7) is 10.9. The lowest BCUT2D eigenvalue weighted by molar-refractivity contribution is -0.138. The Kier molecular flexibility index (Phi) is 7.69. The molecule has 0 radical (unpaired) electrons. The number of carbonyl (C=O) groups excluding carboxylic acids is 2. The minimum absolute atomic E-state index is 0.0323. The fraction of sp³-hybridized carbons (Fsp3) is 0.241. The Bertz CT molecular complexity index is 1560. The second kappa shape index (κ2) is 10.9. The summed E-state index contributed by atoms with van der Waals surface area (Å²) in [5.41, 5.74) is 3.25. The predicted octanol–water partition coefficient (Wildman–Crippen LogP) is 4.01. The average molecular weight is 517 g/mol. The topological polar surface area (TPSA) is 87.0 Å². The SMILES string of the molecule is C=CCOC(=O)C1=C(C)N=c2s/c(=C/c3ccc(C(C)C)cc3)c(=O)n2[C@@H]1c1ccc(OC(C)=O)cc1. The van der Waals surface area contributed by atoms with Gasteiger partial charge in [-0.2, -0.15) is 0 Å². The zero-order valence-corrected chi connectivity index (χ0v) is 22.0.